The summed E-state index contributed by atoms with van der Waals surface area (Å²) in [6.07, 6.45) is 5.60. The number of morpholine rings is 1. The third-order valence-electron chi connectivity index (χ3n) is 7.60. The molecule has 1 atom stereocenters. The molecule has 4 heterocycles. The van der Waals surface area contributed by atoms with Crippen molar-refractivity contribution in [3.05, 3.63) is 41.7 Å². The summed E-state index contributed by atoms with van der Waals surface area (Å²) in [5.41, 5.74) is 15.0. The van der Waals surface area contributed by atoms with E-state index in [0.29, 0.717) is 68.4 Å². The van der Waals surface area contributed by atoms with Crippen molar-refractivity contribution in [1.29, 1.82) is 0 Å². The van der Waals surface area contributed by atoms with Gasteiger partial charge < -0.3 is 31.0 Å². The Morgan fingerprint density at radius 2 is 1.95 bits per heavy atom. The molecule has 0 bridgehead atoms. The number of ether oxygens (including phenoxy) is 1. The highest BCUT2D eigenvalue weighted by Crippen LogP contribution is 2.34. The lowest BCUT2D eigenvalue weighted by Gasteiger charge is -2.30. The van der Waals surface area contributed by atoms with Gasteiger partial charge >= 0.3 is 0 Å². The summed E-state index contributed by atoms with van der Waals surface area (Å²) in [6, 6.07) is 3.55. The fraction of sp³-hybridized carbons (Fsp3) is 0.520. The van der Waals surface area contributed by atoms with Gasteiger partial charge in [-0.3, -0.25) is 9.69 Å². The lowest BCUT2D eigenvalue weighted by Crippen LogP contribution is -2.56. The summed E-state index contributed by atoms with van der Waals surface area (Å²) in [7, 11) is 0. The molecule has 1 aliphatic carbocycles. The van der Waals surface area contributed by atoms with Crippen LogP contribution in [0.4, 0.5) is 15.9 Å². The molecule has 1 amide bonds. The Kier molecular flexibility index (Phi) is 6.17. The molecule has 6 rings (SSSR count). The molecular weight excluding hydrogens is 477 g/mol. The van der Waals surface area contributed by atoms with Crippen LogP contribution in [0, 0.1) is 5.82 Å². The number of rotatable bonds is 7. The maximum absolute atomic E-state index is 15.5. The number of amides is 1. The Morgan fingerprint density at radius 3 is 2.73 bits per heavy atom. The van der Waals surface area contributed by atoms with Crippen LogP contribution in [0.2, 0.25) is 0 Å². The lowest BCUT2D eigenvalue weighted by atomic mass is 9.98. The number of carbonyl (C=O) groups excluding carboxylic acids is 1. The largest absolute Gasteiger partial charge is 0.382 e. The van der Waals surface area contributed by atoms with E-state index in [1.807, 2.05) is 4.57 Å². The van der Waals surface area contributed by atoms with Crippen molar-refractivity contribution in [2.75, 3.05) is 50.0 Å². The molecule has 5 N–H and O–H groups in total. The first-order valence-corrected chi connectivity index (χ1v) is 12.8. The number of fused-ring (bicyclic) bond motifs is 1. The lowest BCUT2D eigenvalue weighted by molar-refractivity contribution is -0.125. The summed E-state index contributed by atoms with van der Waals surface area (Å²) in [6.45, 7) is 4.46. The highest BCUT2D eigenvalue weighted by molar-refractivity contribution is 5.88. The first-order valence-electron chi connectivity index (χ1n) is 12.8. The second kappa shape index (κ2) is 9.51. The molecule has 2 aliphatic heterocycles. The van der Waals surface area contributed by atoms with Crippen molar-refractivity contribution in [2.45, 2.75) is 43.9 Å². The maximum atomic E-state index is 15.5. The summed E-state index contributed by atoms with van der Waals surface area (Å²) in [4.78, 5) is 30.0. The summed E-state index contributed by atoms with van der Waals surface area (Å²) in [5, 5.41) is 3.05. The molecule has 3 aromatic rings. The molecule has 1 saturated carbocycles. The van der Waals surface area contributed by atoms with Crippen molar-refractivity contribution in [2.24, 2.45) is 5.73 Å². The van der Waals surface area contributed by atoms with E-state index < -0.39 is 5.54 Å². The van der Waals surface area contributed by atoms with Crippen LogP contribution < -0.4 is 21.7 Å². The van der Waals surface area contributed by atoms with Gasteiger partial charge in [-0.2, -0.15) is 0 Å². The SMILES string of the molecule is Nc1ncnc2c1ncn2Cc1c(N2CCC(N)(C(=O)NC3CC3)C2)ccc(F)c1CN1CCOCC1. The van der Waals surface area contributed by atoms with E-state index in [1.165, 1.54) is 12.4 Å². The van der Waals surface area contributed by atoms with Crippen LogP contribution in [-0.2, 0) is 22.6 Å². The van der Waals surface area contributed by atoms with Crippen molar-refractivity contribution >= 4 is 28.6 Å². The number of aromatic nitrogens is 4. The predicted octanol–water partition coefficient (Wildman–Crippen LogP) is 0.614. The average Bonchev–Trinajstić information content (AvgIpc) is 3.47. The molecule has 0 radical (unpaired) electrons. The zero-order valence-electron chi connectivity index (χ0n) is 20.7. The monoisotopic (exact) mass is 509 g/mol. The third kappa shape index (κ3) is 4.72. The first kappa shape index (κ1) is 24.0. The van der Waals surface area contributed by atoms with Crippen LogP contribution in [-0.4, -0.2) is 81.3 Å². The Balaban J connectivity index is 1.37. The molecule has 2 saturated heterocycles. The first-order chi connectivity index (χ1) is 17.9. The smallest absolute Gasteiger partial charge is 0.242 e. The minimum atomic E-state index is -0.984. The molecule has 37 heavy (non-hydrogen) atoms. The highest BCUT2D eigenvalue weighted by atomic mass is 19.1. The van der Waals surface area contributed by atoms with Gasteiger partial charge in [0.25, 0.3) is 0 Å². The molecule has 0 spiro atoms. The van der Waals surface area contributed by atoms with E-state index in [2.05, 4.69) is 30.1 Å². The Labute approximate surface area is 214 Å². The second-order valence-electron chi connectivity index (χ2n) is 10.3. The van der Waals surface area contributed by atoms with E-state index >= 15 is 4.39 Å². The van der Waals surface area contributed by atoms with Crippen LogP contribution >= 0.6 is 0 Å². The quantitative estimate of drug-likeness (QED) is 0.418. The Morgan fingerprint density at radius 1 is 1.14 bits per heavy atom. The van der Waals surface area contributed by atoms with Gasteiger partial charge in [-0.15, -0.1) is 0 Å². The fourth-order valence-electron chi connectivity index (χ4n) is 5.24. The second-order valence-corrected chi connectivity index (χ2v) is 10.3. The average molecular weight is 510 g/mol. The van der Waals surface area contributed by atoms with Crippen LogP contribution in [0.15, 0.2) is 24.8 Å². The summed E-state index contributed by atoms with van der Waals surface area (Å²) >= 11 is 0. The van der Waals surface area contributed by atoms with Gasteiger partial charge in [0.05, 0.1) is 26.1 Å². The molecule has 3 aliphatic rings. The van der Waals surface area contributed by atoms with E-state index in [9.17, 15) is 4.79 Å². The van der Waals surface area contributed by atoms with Crippen molar-refractivity contribution < 1.29 is 13.9 Å². The number of hydrogen-bond donors (Lipinski definition) is 3. The topological polar surface area (TPSA) is 140 Å². The predicted molar refractivity (Wildman–Crippen MR) is 136 cm³/mol. The van der Waals surface area contributed by atoms with E-state index in [1.54, 1.807) is 12.4 Å². The number of imidazole rings is 1. The number of hydrogen-bond acceptors (Lipinski definition) is 9. The molecule has 196 valence electrons. The molecule has 1 aromatic carbocycles. The summed E-state index contributed by atoms with van der Waals surface area (Å²) in [5.74, 6) is -0.0816. The number of nitrogen functional groups attached to an aromatic ring is 1. The number of benzene rings is 1. The van der Waals surface area contributed by atoms with E-state index in [-0.39, 0.29) is 17.8 Å². The van der Waals surface area contributed by atoms with Gasteiger partial charge in [-0.05, 0) is 31.4 Å². The number of nitrogens with two attached hydrogens (primary N) is 2. The third-order valence-corrected chi connectivity index (χ3v) is 7.60. The Hall–Kier alpha value is -3.35. The minimum Gasteiger partial charge on any atom is -0.382 e. The van der Waals surface area contributed by atoms with Crippen molar-refractivity contribution in [3.8, 4) is 0 Å². The van der Waals surface area contributed by atoms with Gasteiger partial charge in [0.15, 0.2) is 11.5 Å². The summed E-state index contributed by atoms with van der Waals surface area (Å²) < 4.78 is 22.8. The van der Waals surface area contributed by atoms with E-state index in [4.69, 9.17) is 16.2 Å². The zero-order chi connectivity index (χ0) is 25.6. The van der Waals surface area contributed by atoms with Crippen molar-refractivity contribution in [1.82, 2.24) is 29.7 Å². The molecule has 12 heteroatoms. The number of nitrogens with one attached hydrogen (secondary N) is 1. The standard InChI is InChI=1S/C25H32FN9O2/c26-19-3-4-20(34-6-5-25(28,13-34)24(36)32-16-1-2-16)18(17(19)11-33-7-9-37-10-8-33)12-35-15-31-21-22(27)29-14-30-23(21)35/h3-4,14-16H,1-2,5-13,28H2,(H,32,36)(H2,27,29,30). The van der Waals surface area contributed by atoms with Gasteiger partial charge in [-0.1, -0.05) is 0 Å². The number of anilines is 2. The maximum Gasteiger partial charge on any atom is 0.242 e. The molecular formula is C25H32FN9O2. The van der Waals surface area contributed by atoms with Gasteiger partial charge in [0.1, 0.15) is 23.2 Å². The molecule has 2 aromatic heterocycles. The number of halogens is 1. The Bertz CT molecular complexity index is 1320. The van der Waals surface area contributed by atoms with Gasteiger partial charge in [0.2, 0.25) is 5.91 Å². The highest BCUT2D eigenvalue weighted by Gasteiger charge is 2.43. The molecule has 3 fully saturated rings. The van der Waals surface area contributed by atoms with Crippen LogP contribution in [0.1, 0.15) is 30.4 Å². The zero-order valence-corrected chi connectivity index (χ0v) is 20.7. The van der Waals surface area contributed by atoms with Gasteiger partial charge in [-0.25, -0.2) is 19.3 Å². The normalized spacial score (nSPS) is 22.6. The van der Waals surface area contributed by atoms with Gasteiger partial charge in [0, 0.05) is 55.6 Å². The van der Waals surface area contributed by atoms with Crippen LogP contribution in [0.5, 0.6) is 0 Å². The minimum absolute atomic E-state index is 0.109. The fourth-order valence-corrected chi connectivity index (χ4v) is 5.24. The van der Waals surface area contributed by atoms with Crippen molar-refractivity contribution in [3.63, 3.8) is 0 Å². The molecule has 1 unspecified atom stereocenters. The molecule has 11 nitrogen and oxygen atoms in total. The number of carbonyl (C=O) groups is 1. The van der Waals surface area contributed by atoms with Crippen LogP contribution in [0.25, 0.3) is 11.2 Å². The van der Waals surface area contributed by atoms with E-state index in [0.717, 1.165) is 37.2 Å². The van der Waals surface area contributed by atoms with Crippen LogP contribution in [0.3, 0.4) is 0 Å². The number of nitrogens with zero attached hydrogens (tertiary/aromatic N) is 6.